The van der Waals surface area contributed by atoms with Crippen molar-refractivity contribution < 1.29 is 9.53 Å². The van der Waals surface area contributed by atoms with Crippen LogP contribution in [0, 0.1) is 0 Å². The van der Waals surface area contributed by atoms with Gasteiger partial charge in [-0.1, -0.05) is 30.7 Å². The van der Waals surface area contributed by atoms with Crippen LogP contribution in [0.15, 0.2) is 18.2 Å². The number of aryl methyl sites for hydroxylation is 1. The van der Waals surface area contributed by atoms with Crippen molar-refractivity contribution in [1.82, 2.24) is 0 Å². The number of ether oxygens (including phenoxy) is 1. The molecule has 88 valence electrons. The van der Waals surface area contributed by atoms with Crippen LogP contribution in [0.2, 0.25) is 5.02 Å². The summed E-state index contributed by atoms with van der Waals surface area (Å²) in [6, 6.07) is 5.72. The number of hydrogen-bond donors (Lipinski definition) is 0. The summed E-state index contributed by atoms with van der Waals surface area (Å²) in [7, 11) is 0. The number of rotatable bonds is 4. The lowest BCUT2D eigenvalue weighted by atomic mass is 10.1. The lowest BCUT2D eigenvalue weighted by Gasteiger charge is -2.08. The zero-order chi connectivity index (χ0) is 12.1. The van der Waals surface area contributed by atoms with Gasteiger partial charge in [0.05, 0.1) is 12.5 Å². The first-order chi connectivity index (χ1) is 7.52. The van der Waals surface area contributed by atoms with Gasteiger partial charge in [0.25, 0.3) is 0 Å². The molecule has 0 heterocycles. The lowest BCUT2D eigenvalue weighted by Crippen LogP contribution is -2.13. The average molecular weight is 241 g/mol. The van der Waals surface area contributed by atoms with Gasteiger partial charge < -0.3 is 4.74 Å². The van der Waals surface area contributed by atoms with Crippen LogP contribution in [0.3, 0.4) is 0 Å². The van der Waals surface area contributed by atoms with Gasteiger partial charge in [-0.3, -0.25) is 4.79 Å². The van der Waals surface area contributed by atoms with E-state index in [1.807, 2.05) is 39.0 Å². The Morgan fingerprint density at radius 3 is 2.62 bits per heavy atom. The van der Waals surface area contributed by atoms with Gasteiger partial charge in [0, 0.05) is 5.02 Å². The molecular formula is C13H17ClO2. The molecule has 3 heteroatoms. The van der Waals surface area contributed by atoms with Crippen molar-refractivity contribution in [3.8, 4) is 0 Å². The van der Waals surface area contributed by atoms with E-state index < -0.39 is 0 Å². The summed E-state index contributed by atoms with van der Waals surface area (Å²) in [5, 5.41) is 0.720. The fraction of sp³-hybridized carbons (Fsp3) is 0.462. The van der Waals surface area contributed by atoms with Gasteiger partial charge in [0.2, 0.25) is 0 Å². The third-order valence-electron chi connectivity index (χ3n) is 2.21. The highest BCUT2D eigenvalue weighted by atomic mass is 35.5. The van der Waals surface area contributed by atoms with E-state index in [9.17, 15) is 4.79 Å². The van der Waals surface area contributed by atoms with Gasteiger partial charge in [0.15, 0.2) is 0 Å². The molecule has 1 aromatic carbocycles. The Bertz CT molecular complexity index is 372. The molecule has 0 aliphatic carbocycles. The molecule has 16 heavy (non-hydrogen) atoms. The second kappa shape index (κ2) is 5.90. The Balaban J connectivity index is 2.68. The second-order valence-corrected chi connectivity index (χ2v) is 4.40. The molecule has 1 rings (SSSR count). The van der Waals surface area contributed by atoms with E-state index in [0.717, 1.165) is 22.6 Å². The first-order valence-corrected chi connectivity index (χ1v) is 5.87. The fourth-order valence-corrected chi connectivity index (χ4v) is 1.80. The molecule has 0 aliphatic heterocycles. The third-order valence-corrected chi connectivity index (χ3v) is 2.57. The Kier molecular flexibility index (Phi) is 4.81. The molecule has 0 aliphatic rings. The van der Waals surface area contributed by atoms with Crippen molar-refractivity contribution in [2.75, 3.05) is 0 Å². The van der Waals surface area contributed by atoms with Crippen LogP contribution in [0.25, 0.3) is 0 Å². The largest absolute Gasteiger partial charge is 0.463 e. The smallest absolute Gasteiger partial charge is 0.310 e. The molecule has 0 aromatic heterocycles. The number of benzene rings is 1. The number of carbonyl (C=O) groups excluding carboxylic acids is 1. The second-order valence-electron chi connectivity index (χ2n) is 3.99. The van der Waals surface area contributed by atoms with Gasteiger partial charge in [-0.25, -0.2) is 0 Å². The Morgan fingerprint density at radius 1 is 1.44 bits per heavy atom. The number of carbonyl (C=O) groups is 1. The summed E-state index contributed by atoms with van der Waals surface area (Å²) in [6.07, 6.45) is 1.11. The number of esters is 1. The maximum atomic E-state index is 11.4. The normalized spacial score (nSPS) is 10.6. The summed E-state index contributed by atoms with van der Waals surface area (Å²) in [4.78, 5) is 11.4. The number of halogens is 1. The first-order valence-electron chi connectivity index (χ1n) is 5.49. The lowest BCUT2D eigenvalue weighted by molar-refractivity contribution is -0.146. The molecule has 0 saturated carbocycles. The van der Waals surface area contributed by atoms with Crippen LogP contribution in [-0.2, 0) is 22.4 Å². The molecule has 0 bridgehead atoms. The maximum absolute atomic E-state index is 11.4. The van der Waals surface area contributed by atoms with Crippen LogP contribution < -0.4 is 0 Å². The quantitative estimate of drug-likeness (QED) is 0.754. The fourth-order valence-electron chi connectivity index (χ4n) is 1.46. The highest BCUT2D eigenvalue weighted by Crippen LogP contribution is 2.18. The van der Waals surface area contributed by atoms with Crippen LogP contribution >= 0.6 is 11.6 Å². The summed E-state index contributed by atoms with van der Waals surface area (Å²) in [5.41, 5.74) is 2.00. The molecule has 0 fully saturated rings. The van der Waals surface area contributed by atoms with Gasteiger partial charge in [-0.05, 0) is 37.5 Å². The highest BCUT2D eigenvalue weighted by Gasteiger charge is 2.08. The molecule has 0 spiro atoms. The average Bonchev–Trinajstić information content (AvgIpc) is 2.16. The molecule has 1 aromatic rings. The van der Waals surface area contributed by atoms with E-state index in [2.05, 4.69) is 0 Å². The van der Waals surface area contributed by atoms with Gasteiger partial charge >= 0.3 is 5.97 Å². The predicted octanol–water partition coefficient (Wildman–Crippen LogP) is 3.40. The van der Waals surface area contributed by atoms with Gasteiger partial charge in [-0.15, -0.1) is 0 Å². The minimum absolute atomic E-state index is 0.0714. The van der Waals surface area contributed by atoms with Crippen LogP contribution in [0.4, 0.5) is 0 Å². The van der Waals surface area contributed by atoms with E-state index in [1.165, 1.54) is 0 Å². The van der Waals surface area contributed by atoms with Crippen LogP contribution in [0.1, 0.15) is 31.9 Å². The minimum atomic E-state index is -0.213. The Labute approximate surface area is 102 Å². The molecule has 0 amide bonds. The first kappa shape index (κ1) is 13.0. The van der Waals surface area contributed by atoms with Crippen LogP contribution in [-0.4, -0.2) is 12.1 Å². The van der Waals surface area contributed by atoms with Crippen molar-refractivity contribution in [3.63, 3.8) is 0 Å². The monoisotopic (exact) mass is 240 g/mol. The molecular weight excluding hydrogens is 224 g/mol. The Morgan fingerprint density at radius 2 is 2.12 bits per heavy atom. The molecule has 0 saturated heterocycles. The molecule has 2 nitrogen and oxygen atoms in total. The van der Waals surface area contributed by atoms with Crippen molar-refractivity contribution in [2.24, 2.45) is 0 Å². The summed E-state index contributed by atoms with van der Waals surface area (Å²) in [5.74, 6) is -0.213. The summed E-state index contributed by atoms with van der Waals surface area (Å²) in [6.45, 7) is 5.73. The van der Waals surface area contributed by atoms with Gasteiger partial charge in [-0.2, -0.15) is 0 Å². The standard InChI is InChI=1S/C13H17ClO2/c1-4-11-6-5-10(7-12(11)14)8-13(15)16-9(2)3/h5-7,9H,4,8H2,1-3H3. The van der Waals surface area contributed by atoms with Gasteiger partial charge in [0.1, 0.15) is 0 Å². The predicted molar refractivity (Wildman–Crippen MR) is 65.8 cm³/mol. The van der Waals surface area contributed by atoms with Crippen molar-refractivity contribution in [3.05, 3.63) is 34.3 Å². The molecule has 0 atom stereocenters. The summed E-state index contributed by atoms with van der Waals surface area (Å²) >= 11 is 6.07. The SMILES string of the molecule is CCc1ccc(CC(=O)OC(C)C)cc1Cl. The van der Waals surface area contributed by atoms with E-state index in [4.69, 9.17) is 16.3 Å². The van der Waals surface area contributed by atoms with Crippen molar-refractivity contribution >= 4 is 17.6 Å². The summed E-state index contributed by atoms with van der Waals surface area (Å²) < 4.78 is 5.07. The van der Waals surface area contributed by atoms with E-state index in [0.29, 0.717) is 0 Å². The topological polar surface area (TPSA) is 26.3 Å². The minimum Gasteiger partial charge on any atom is -0.463 e. The Hall–Kier alpha value is -1.02. The highest BCUT2D eigenvalue weighted by molar-refractivity contribution is 6.31. The third kappa shape index (κ3) is 3.86. The van der Waals surface area contributed by atoms with Crippen molar-refractivity contribution in [1.29, 1.82) is 0 Å². The van der Waals surface area contributed by atoms with Crippen molar-refractivity contribution in [2.45, 2.75) is 39.7 Å². The van der Waals surface area contributed by atoms with E-state index >= 15 is 0 Å². The van der Waals surface area contributed by atoms with Crippen LogP contribution in [0.5, 0.6) is 0 Å². The maximum Gasteiger partial charge on any atom is 0.310 e. The zero-order valence-electron chi connectivity index (χ0n) is 9.92. The molecule has 0 N–H and O–H groups in total. The molecule has 0 radical (unpaired) electrons. The van der Waals surface area contributed by atoms with E-state index in [-0.39, 0.29) is 18.5 Å². The number of hydrogen-bond acceptors (Lipinski definition) is 2. The zero-order valence-corrected chi connectivity index (χ0v) is 10.7. The van der Waals surface area contributed by atoms with E-state index in [1.54, 1.807) is 0 Å². The molecule has 0 unspecified atom stereocenters.